The molecule has 0 aliphatic heterocycles. The molecule has 0 saturated heterocycles. The smallest absolute Gasteiger partial charge is 0.251 e. The van der Waals surface area contributed by atoms with Gasteiger partial charge >= 0.3 is 0 Å². The van der Waals surface area contributed by atoms with Gasteiger partial charge in [0.2, 0.25) is 0 Å². The molecule has 1 atom stereocenters. The lowest BCUT2D eigenvalue weighted by atomic mass is 10.2. The molecule has 25 heavy (non-hydrogen) atoms. The minimum Gasteiger partial charge on any atom is -0.370 e. The quantitative estimate of drug-likeness (QED) is 0.752. The van der Waals surface area contributed by atoms with Gasteiger partial charge in [0.15, 0.2) is 0 Å². The van der Waals surface area contributed by atoms with Gasteiger partial charge in [0.25, 0.3) is 5.91 Å². The van der Waals surface area contributed by atoms with E-state index in [0.717, 1.165) is 11.4 Å². The summed E-state index contributed by atoms with van der Waals surface area (Å²) in [5, 5.41) is 10.5. The van der Waals surface area contributed by atoms with Crippen LogP contribution in [0, 0.1) is 0 Å². The number of benzene rings is 2. The first-order chi connectivity index (χ1) is 12.1. The zero-order valence-electron chi connectivity index (χ0n) is 14.3. The van der Waals surface area contributed by atoms with E-state index >= 15 is 0 Å². The van der Waals surface area contributed by atoms with E-state index in [1.807, 2.05) is 37.4 Å². The molecular formula is C19H21N5O. The minimum absolute atomic E-state index is 0.0800. The third-order valence-corrected chi connectivity index (χ3v) is 4.23. The second-order valence-corrected chi connectivity index (χ2v) is 5.92. The summed E-state index contributed by atoms with van der Waals surface area (Å²) in [5.41, 5.74) is 2.67. The highest BCUT2D eigenvalue weighted by atomic mass is 16.1. The van der Waals surface area contributed by atoms with Crippen LogP contribution in [0.15, 0.2) is 67.3 Å². The molecule has 6 heteroatoms. The van der Waals surface area contributed by atoms with Gasteiger partial charge in [-0.3, -0.25) is 9.36 Å². The van der Waals surface area contributed by atoms with Gasteiger partial charge in [-0.1, -0.05) is 18.2 Å². The summed E-state index contributed by atoms with van der Waals surface area (Å²) < 4.78 is 1.79. The van der Waals surface area contributed by atoms with E-state index < -0.39 is 0 Å². The third-order valence-electron chi connectivity index (χ3n) is 4.23. The van der Waals surface area contributed by atoms with Crippen molar-refractivity contribution in [3.63, 3.8) is 0 Å². The molecule has 0 bridgehead atoms. The summed E-state index contributed by atoms with van der Waals surface area (Å²) in [5.74, 6) is -0.0800. The Morgan fingerprint density at radius 3 is 2.36 bits per heavy atom. The first-order valence-corrected chi connectivity index (χ1v) is 8.16. The van der Waals surface area contributed by atoms with Gasteiger partial charge in [0, 0.05) is 36.6 Å². The molecule has 6 nitrogen and oxygen atoms in total. The highest BCUT2D eigenvalue weighted by Crippen LogP contribution is 2.14. The van der Waals surface area contributed by atoms with Crippen molar-refractivity contribution in [3.05, 3.63) is 72.8 Å². The Morgan fingerprint density at radius 1 is 1.08 bits per heavy atom. The van der Waals surface area contributed by atoms with Gasteiger partial charge in [0.05, 0.1) is 0 Å². The molecule has 3 rings (SSSR count). The average Bonchev–Trinajstić information content (AvgIpc) is 3.21. The second-order valence-electron chi connectivity index (χ2n) is 5.92. The molecule has 0 fully saturated rings. The molecule has 0 radical (unpaired) electrons. The van der Waals surface area contributed by atoms with Crippen LogP contribution in [0.5, 0.6) is 0 Å². The fourth-order valence-electron chi connectivity index (χ4n) is 2.52. The van der Waals surface area contributed by atoms with Gasteiger partial charge in [-0.2, -0.15) is 0 Å². The summed E-state index contributed by atoms with van der Waals surface area (Å²) >= 11 is 0. The number of hydrogen-bond donors (Lipinski definition) is 1. The predicted octanol–water partition coefficient (Wildman–Crippen LogP) is 2.52. The van der Waals surface area contributed by atoms with E-state index in [0.29, 0.717) is 12.1 Å². The molecule has 128 valence electrons. The van der Waals surface area contributed by atoms with Gasteiger partial charge in [-0.15, -0.1) is 10.2 Å². The van der Waals surface area contributed by atoms with Crippen LogP contribution in [0.3, 0.4) is 0 Å². The molecule has 0 saturated carbocycles. The molecule has 0 aliphatic carbocycles. The monoisotopic (exact) mass is 335 g/mol. The molecule has 1 amide bonds. The Bertz CT molecular complexity index is 800. The van der Waals surface area contributed by atoms with Gasteiger partial charge < -0.3 is 10.2 Å². The first kappa shape index (κ1) is 16.7. The van der Waals surface area contributed by atoms with Crippen LogP contribution in [0.25, 0.3) is 5.69 Å². The van der Waals surface area contributed by atoms with E-state index in [1.54, 1.807) is 29.4 Å². The summed E-state index contributed by atoms with van der Waals surface area (Å²) in [4.78, 5) is 14.5. The highest BCUT2D eigenvalue weighted by molar-refractivity contribution is 5.94. The zero-order valence-corrected chi connectivity index (χ0v) is 14.3. The Hall–Kier alpha value is -3.15. The Balaban J connectivity index is 1.57. The molecule has 1 N–H and O–H groups in total. The van der Waals surface area contributed by atoms with Gasteiger partial charge in [-0.05, 0) is 43.3 Å². The van der Waals surface area contributed by atoms with Crippen molar-refractivity contribution in [2.45, 2.75) is 13.0 Å². The van der Waals surface area contributed by atoms with E-state index in [4.69, 9.17) is 0 Å². The molecule has 2 aromatic carbocycles. The standard InChI is InChI=1S/C19H21N5O/c1-15(23(2)17-6-4-3-5-7-17)12-20-19(25)16-8-10-18(11-9-16)24-13-21-22-14-24/h3-11,13-15H,12H2,1-2H3,(H,20,25)/t15-/m1/s1. The summed E-state index contributed by atoms with van der Waals surface area (Å²) in [6.45, 7) is 2.65. The van der Waals surface area contributed by atoms with Crippen molar-refractivity contribution in [3.8, 4) is 5.69 Å². The lowest BCUT2D eigenvalue weighted by molar-refractivity contribution is 0.0951. The second kappa shape index (κ2) is 7.61. The summed E-state index contributed by atoms with van der Waals surface area (Å²) in [6, 6.07) is 17.7. The third kappa shape index (κ3) is 4.03. The van der Waals surface area contributed by atoms with Crippen molar-refractivity contribution < 1.29 is 4.79 Å². The number of amides is 1. The minimum atomic E-state index is -0.0800. The van der Waals surface area contributed by atoms with Gasteiger partial charge in [-0.25, -0.2) is 0 Å². The number of likely N-dealkylation sites (N-methyl/N-ethyl adjacent to an activating group) is 1. The van der Waals surface area contributed by atoms with Crippen LogP contribution in [0.4, 0.5) is 5.69 Å². The SMILES string of the molecule is C[C@H](CNC(=O)c1ccc(-n2cnnc2)cc1)N(C)c1ccccc1. The molecular weight excluding hydrogens is 314 g/mol. The molecule has 1 heterocycles. The van der Waals surface area contributed by atoms with Crippen molar-refractivity contribution in [1.82, 2.24) is 20.1 Å². The van der Waals surface area contributed by atoms with Crippen LogP contribution >= 0.6 is 0 Å². The fraction of sp³-hybridized carbons (Fsp3) is 0.211. The maximum Gasteiger partial charge on any atom is 0.251 e. The molecule has 0 spiro atoms. The molecule has 0 aliphatic rings. The number of carbonyl (C=O) groups is 1. The van der Waals surface area contributed by atoms with Crippen LogP contribution in [0.1, 0.15) is 17.3 Å². The maximum absolute atomic E-state index is 12.3. The van der Waals surface area contributed by atoms with Crippen molar-refractivity contribution in [1.29, 1.82) is 0 Å². The summed E-state index contributed by atoms with van der Waals surface area (Å²) in [7, 11) is 2.03. The number of anilines is 1. The maximum atomic E-state index is 12.3. The van der Waals surface area contributed by atoms with Crippen molar-refractivity contribution in [2.24, 2.45) is 0 Å². The van der Waals surface area contributed by atoms with Crippen LogP contribution < -0.4 is 10.2 Å². The van der Waals surface area contributed by atoms with Crippen molar-refractivity contribution in [2.75, 3.05) is 18.5 Å². The Labute approximate surface area is 147 Å². The normalized spacial score (nSPS) is 11.8. The van der Waals surface area contributed by atoms with E-state index in [2.05, 4.69) is 39.5 Å². The van der Waals surface area contributed by atoms with E-state index in [9.17, 15) is 4.79 Å². The number of carbonyl (C=O) groups excluding carboxylic acids is 1. The van der Waals surface area contributed by atoms with Crippen LogP contribution in [0.2, 0.25) is 0 Å². The van der Waals surface area contributed by atoms with E-state index in [1.165, 1.54) is 0 Å². The lowest BCUT2D eigenvalue weighted by Crippen LogP contribution is -2.40. The zero-order chi connectivity index (χ0) is 17.6. The first-order valence-electron chi connectivity index (χ1n) is 8.16. The number of para-hydroxylation sites is 1. The average molecular weight is 335 g/mol. The topological polar surface area (TPSA) is 63.1 Å². The molecule has 3 aromatic rings. The largest absolute Gasteiger partial charge is 0.370 e. The number of nitrogens with one attached hydrogen (secondary N) is 1. The van der Waals surface area contributed by atoms with E-state index in [-0.39, 0.29) is 11.9 Å². The number of rotatable bonds is 6. The summed E-state index contributed by atoms with van der Waals surface area (Å²) in [6.07, 6.45) is 3.24. The lowest BCUT2D eigenvalue weighted by Gasteiger charge is -2.27. The van der Waals surface area contributed by atoms with Crippen molar-refractivity contribution >= 4 is 11.6 Å². The van der Waals surface area contributed by atoms with Crippen LogP contribution in [-0.2, 0) is 0 Å². The van der Waals surface area contributed by atoms with Gasteiger partial charge in [0.1, 0.15) is 12.7 Å². The number of nitrogens with zero attached hydrogens (tertiary/aromatic N) is 4. The number of aromatic nitrogens is 3. The molecule has 0 unspecified atom stereocenters. The highest BCUT2D eigenvalue weighted by Gasteiger charge is 2.12. The predicted molar refractivity (Wildman–Crippen MR) is 98.0 cm³/mol. The fourth-order valence-corrected chi connectivity index (χ4v) is 2.52. The molecule has 1 aromatic heterocycles. The Morgan fingerprint density at radius 2 is 1.72 bits per heavy atom. The van der Waals surface area contributed by atoms with Crippen LogP contribution in [-0.4, -0.2) is 40.3 Å². The number of hydrogen-bond acceptors (Lipinski definition) is 4. The Kier molecular flexibility index (Phi) is 5.09.